The van der Waals surface area contributed by atoms with Crippen LogP contribution < -0.4 is 5.32 Å². The molecule has 1 aliphatic heterocycles. The van der Waals surface area contributed by atoms with Crippen LogP contribution in [0.15, 0.2) is 29.2 Å². The molecule has 22 heavy (non-hydrogen) atoms. The van der Waals surface area contributed by atoms with Crippen molar-refractivity contribution in [2.45, 2.75) is 16.8 Å². The van der Waals surface area contributed by atoms with Crippen LogP contribution in [0.2, 0.25) is 0 Å². The van der Waals surface area contributed by atoms with Gasteiger partial charge < -0.3 is 15.1 Å². The van der Waals surface area contributed by atoms with Crippen molar-refractivity contribution in [3.8, 4) is 0 Å². The second-order valence-electron chi connectivity index (χ2n) is 5.15. The molecule has 1 N–H and O–H groups in total. The van der Waals surface area contributed by atoms with Crippen molar-refractivity contribution < 1.29 is 18.0 Å². The molecule has 0 bridgehead atoms. The number of nitrogens with zero attached hydrogens (tertiary/aromatic N) is 2. The molecule has 4 nitrogen and oxygen atoms in total. The van der Waals surface area contributed by atoms with E-state index in [0.29, 0.717) is 18.8 Å². The van der Waals surface area contributed by atoms with Crippen molar-refractivity contribution in [2.75, 3.05) is 38.5 Å². The van der Waals surface area contributed by atoms with Crippen molar-refractivity contribution in [1.29, 1.82) is 0 Å². The predicted octanol–water partition coefficient (Wildman–Crippen LogP) is 3.47. The summed E-state index contributed by atoms with van der Waals surface area (Å²) in [5.74, 6) is 0. The van der Waals surface area contributed by atoms with Gasteiger partial charge in [-0.1, -0.05) is 6.07 Å². The molecule has 1 fully saturated rings. The summed E-state index contributed by atoms with van der Waals surface area (Å²) in [5, 5.41) is 2.67. The number of thioether (sulfide) groups is 1. The van der Waals surface area contributed by atoms with E-state index in [-0.39, 0.29) is 22.7 Å². The van der Waals surface area contributed by atoms with Crippen molar-refractivity contribution in [2.24, 2.45) is 0 Å². The molecule has 122 valence electrons. The quantitative estimate of drug-likeness (QED) is 0.842. The average molecular weight is 333 g/mol. The van der Waals surface area contributed by atoms with E-state index in [0.717, 1.165) is 19.5 Å². The summed E-state index contributed by atoms with van der Waals surface area (Å²) < 4.78 is 37.1. The maximum atomic E-state index is 12.4. The first-order chi connectivity index (χ1) is 10.3. The van der Waals surface area contributed by atoms with Crippen LogP contribution in [0, 0.1) is 0 Å². The second-order valence-corrected chi connectivity index (χ2v) is 6.29. The van der Waals surface area contributed by atoms with Gasteiger partial charge in [0.05, 0.1) is 0 Å². The number of carbonyl (C=O) groups excluding carboxylic acids is 1. The lowest BCUT2D eigenvalue weighted by molar-refractivity contribution is -0.0328. The van der Waals surface area contributed by atoms with Crippen molar-refractivity contribution in [1.82, 2.24) is 9.80 Å². The van der Waals surface area contributed by atoms with Gasteiger partial charge in [-0.2, -0.15) is 13.2 Å². The molecule has 1 aromatic carbocycles. The van der Waals surface area contributed by atoms with E-state index < -0.39 is 5.51 Å². The molecule has 1 saturated heterocycles. The Balaban J connectivity index is 1.97. The molecule has 1 aromatic rings. The van der Waals surface area contributed by atoms with Gasteiger partial charge in [-0.25, -0.2) is 4.79 Å². The molecular formula is C14H18F3N3OS. The molecule has 1 heterocycles. The third kappa shape index (κ3) is 5.42. The number of urea groups is 1. The number of benzene rings is 1. The van der Waals surface area contributed by atoms with Gasteiger partial charge in [0.2, 0.25) is 0 Å². The highest BCUT2D eigenvalue weighted by Crippen LogP contribution is 2.37. The zero-order valence-corrected chi connectivity index (χ0v) is 13.0. The van der Waals surface area contributed by atoms with Crippen LogP contribution >= 0.6 is 11.8 Å². The summed E-state index contributed by atoms with van der Waals surface area (Å²) in [4.78, 5) is 16.1. The smallest absolute Gasteiger partial charge is 0.323 e. The number of amides is 2. The van der Waals surface area contributed by atoms with Gasteiger partial charge in [0.1, 0.15) is 0 Å². The Kier molecular flexibility index (Phi) is 5.57. The maximum Gasteiger partial charge on any atom is 0.446 e. The molecular weight excluding hydrogens is 315 g/mol. The van der Waals surface area contributed by atoms with E-state index in [1.807, 2.05) is 7.05 Å². The maximum absolute atomic E-state index is 12.4. The minimum Gasteiger partial charge on any atom is -0.323 e. The van der Waals surface area contributed by atoms with Crippen LogP contribution in [0.25, 0.3) is 0 Å². The zero-order chi connectivity index (χ0) is 16.2. The lowest BCUT2D eigenvalue weighted by Gasteiger charge is -2.21. The zero-order valence-electron chi connectivity index (χ0n) is 12.2. The van der Waals surface area contributed by atoms with Crippen LogP contribution in [-0.4, -0.2) is 54.6 Å². The van der Waals surface area contributed by atoms with Gasteiger partial charge in [0.25, 0.3) is 0 Å². The number of rotatable bonds is 2. The number of alkyl halides is 3. The molecule has 2 rings (SSSR count). The summed E-state index contributed by atoms with van der Waals surface area (Å²) in [7, 11) is 2.00. The average Bonchev–Trinajstić information content (AvgIpc) is 2.62. The first-order valence-corrected chi connectivity index (χ1v) is 7.75. The minimum absolute atomic E-state index is 0.0564. The fraction of sp³-hybridized carbons (Fsp3) is 0.500. The fourth-order valence-corrected chi connectivity index (χ4v) is 2.82. The Morgan fingerprint density at radius 3 is 2.73 bits per heavy atom. The summed E-state index contributed by atoms with van der Waals surface area (Å²) in [6, 6.07) is 5.51. The molecule has 0 aliphatic carbocycles. The van der Waals surface area contributed by atoms with Crippen LogP contribution in [-0.2, 0) is 0 Å². The number of anilines is 1. The van der Waals surface area contributed by atoms with Gasteiger partial charge in [-0.05, 0) is 50.0 Å². The number of hydrogen-bond donors (Lipinski definition) is 1. The first kappa shape index (κ1) is 17.0. The monoisotopic (exact) mass is 333 g/mol. The number of nitrogens with one attached hydrogen (secondary N) is 1. The van der Waals surface area contributed by atoms with Crippen LogP contribution in [0.5, 0.6) is 0 Å². The van der Waals surface area contributed by atoms with Gasteiger partial charge in [-0.3, -0.25) is 0 Å². The third-order valence-corrected chi connectivity index (χ3v) is 4.05. The Hall–Kier alpha value is -1.41. The number of hydrogen-bond acceptors (Lipinski definition) is 3. The van der Waals surface area contributed by atoms with E-state index in [2.05, 4.69) is 10.2 Å². The highest BCUT2D eigenvalue weighted by molar-refractivity contribution is 8.00. The van der Waals surface area contributed by atoms with Gasteiger partial charge in [0, 0.05) is 30.2 Å². The second kappa shape index (κ2) is 7.23. The van der Waals surface area contributed by atoms with Crippen LogP contribution in [0.3, 0.4) is 0 Å². The van der Waals surface area contributed by atoms with Gasteiger partial charge in [0.15, 0.2) is 0 Å². The number of carbonyl (C=O) groups is 1. The summed E-state index contributed by atoms with van der Waals surface area (Å²) in [6.45, 7) is 2.98. The largest absolute Gasteiger partial charge is 0.446 e. The van der Waals surface area contributed by atoms with E-state index in [1.165, 1.54) is 18.2 Å². The molecule has 1 aliphatic rings. The van der Waals surface area contributed by atoms with E-state index in [1.54, 1.807) is 11.0 Å². The first-order valence-electron chi connectivity index (χ1n) is 6.94. The van der Waals surface area contributed by atoms with E-state index in [9.17, 15) is 18.0 Å². The van der Waals surface area contributed by atoms with Gasteiger partial charge >= 0.3 is 11.5 Å². The Bertz CT molecular complexity index is 524. The Labute approximate surface area is 131 Å². The molecule has 0 spiro atoms. The molecule has 0 atom stereocenters. The molecule has 2 amide bonds. The lowest BCUT2D eigenvalue weighted by atomic mass is 10.3. The highest BCUT2D eigenvalue weighted by atomic mass is 32.2. The summed E-state index contributed by atoms with van der Waals surface area (Å²) >= 11 is -0.190. The molecule has 8 heteroatoms. The SMILES string of the molecule is CN1CCCN(C(=O)Nc2cccc(SC(F)(F)F)c2)CC1. The molecule has 0 unspecified atom stereocenters. The van der Waals surface area contributed by atoms with Crippen molar-refractivity contribution in [3.63, 3.8) is 0 Å². The lowest BCUT2D eigenvalue weighted by Crippen LogP contribution is -2.37. The topological polar surface area (TPSA) is 35.6 Å². The van der Waals surface area contributed by atoms with Crippen LogP contribution in [0.1, 0.15) is 6.42 Å². The van der Waals surface area contributed by atoms with Crippen molar-refractivity contribution in [3.05, 3.63) is 24.3 Å². The third-order valence-electron chi connectivity index (χ3n) is 3.33. The molecule has 0 saturated carbocycles. The number of likely N-dealkylation sites (N-methyl/N-ethyl adjacent to an activating group) is 1. The Morgan fingerprint density at radius 2 is 2.00 bits per heavy atom. The minimum atomic E-state index is -4.34. The normalized spacial score (nSPS) is 17.2. The summed E-state index contributed by atoms with van der Waals surface area (Å²) in [6.07, 6.45) is 0.883. The standard InChI is InChI=1S/C14H18F3N3OS/c1-19-6-3-7-20(9-8-19)13(21)18-11-4-2-5-12(10-11)22-14(15,16)17/h2,4-5,10H,3,6-9H2,1H3,(H,18,21). The fourth-order valence-electron chi connectivity index (χ4n) is 2.22. The van der Waals surface area contributed by atoms with Gasteiger partial charge in [-0.15, -0.1) is 0 Å². The molecule has 0 radical (unpaired) electrons. The Morgan fingerprint density at radius 1 is 1.23 bits per heavy atom. The van der Waals surface area contributed by atoms with E-state index in [4.69, 9.17) is 0 Å². The molecule has 0 aromatic heterocycles. The number of halogens is 3. The highest BCUT2D eigenvalue weighted by Gasteiger charge is 2.29. The van der Waals surface area contributed by atoms with Crippen LogP contribution in [0.4, 0.5) is 23.7 Å². The van der Waals surface area contributed by atoms with Crippen molar-refractivity contribution >= 4 is 23.5 Å². The predicted molar refractivity (Wildman–Crippen MR) is 81.1 cm³/mol. The summed E-state index contributed by atoms with van der Waals surface area (Å²) in [5.41, 5.74) is -3.96. The van der Waals surface area contributed by atoms with E-state index >= 15 is 0 Å².